The minimum absolute atomic E-state index is 0.855. The first-order chi connectivity index (χ1) is 7.81. The summed E-state index contributed by atoms with van der Waals surface area (Å²) in [5, 5.41) is 7.36. The normalized spacial score (nSPS) is 10.4. The Morgan fingerprint density at radius 1 is 1.38 bits per heavy atom. The average molecular weight is 217 g/mol. The largest absolute Gasteiger partial charge is 0.370 e. The minimum atomic E-state index is 0.855. The standard InChI is InChI=1S/C11H15N5/c1-3-5-12-11-7-9(13-8-14-11)10-4-6-15-16(10)2/h4,6-8H,3,5H2,1-2H3,(H,12,13,14). The van der Waals surface area contributed by atoms with Crippen LogP contribution in [0, 0.1) is 0 Å². The summed E-state index contributed by atoms with van der Waals surface area (Å²) in [6.07, 6.45) is 4.40. The van der Waals surface area contributed by atoms with Crippen LogP contribution in [-0.4, -0.2) is 26.3 Å². The molecule has 0 saturated carbocycles. The van der Waals surface area contributed by atoms with E-state index >= 15 is 0 Å². The van der Waals surface area contributed by atoms with Crippen molar-refractivity contribution in [3.63, 3.8) is 0 Å². The molecule has 0 aromatic carbocycles. The van der Waals surface area contributed by atoms with Gasteiger partial charge in [-0.05, 0) is 12.5 Å². The highest BCUT2D eigenvalue weighted by atomic mass is 15.3. The van der Waals surface area contributed by atoms with E-state index in [1.165, 1.54) is 0 Å². The molecule has 0 saturated heterocycles. The second-order valence-electron chi connectivity index (χ2n) is 3.56. The van der Waals surface area contributed by atoms with Crippen LogP contribution in [0.4, 0.5) is 5.82 Å². The predicted octanol–water partition coefficient (Wildman–Crippen LogP) is 1.70. The van der Waals surface area contributed by atoms with E-state index in [1.807, 2.05) is 19.2 Å². The van der Waals surface area contributed by atoms with E-state index in [4.69, 9.17) is 0 Å². The van der Waals surface area contributed by atoms with Crippen molar-refractivity contribution in [2.24, 2.45) is 7.05 Å². The van der Waals surface area contributed by atoms with Crippen LogP contribution in [0.15, 0.2) is 24.7 Å². The van der Waals surface area contributed by atoms with Gasteiger partial charge in [-0.25, -0.2) is 9.97 Å². The topological polar surface area (TPSA) is 55.6 Å². The van der Waals surface area contributed by atoms with Crippen molar-refractivity contribution in [1.82, 2.24) is 19.7 Å². The maximum atomic E-state index is 4.24. The van der Waals surface area contributed by atoms with Crippen molar-refractivity contribution in [1.29, 1.82) is 0 Å². The molecular formula is C11H15N5. The van der Waals surface area contributed by atoms with Crippen LogP contribution in [0.3, 0.4) is 0 Å². The van der Waals surface area contributed by atoms with Gasteiger partial charge in [0.2, 0.25) is 0 Å². The fraction of sp³-hybridized carbons (Fsp3) is 0.364. The summed E-state index contributed by atoms with van der Waals surface area (Å²) in [5.74, 6) is 0.855. The summed E-state index contributed by atoms with van der Waals surface area (Å²) in [6.45, 7) is 3.04. The lowest BCUT2D eigenvalue weighted by Gasteiger charge is -2.05. The van der Waals surface area contributed by atoms with Gasteiger partial charge in [-0.1, -0.05) is 6.92 Å². The predicted molar refractivity (Wildman–Crippen MR) is 63.0 cm³/mol. The summed E-state index contributed by atoms with van der Waals surface area (Å²) in [5.41, 5.74) is 1.87. The van der Waals surface area contributed by atoms with Crippen molar-refractivity contribution < 1.29 is 0 Å². The van der Waals surface area contributed by atoms with Crippen LogP contribution in [0.1, 0.15) is 13.3 Å². The van der Waals surface area contributed by atoms with Gasteiger partial charge in [-0.15, -0.1) is 0 Å². The van der Waals surface area contributed by atoms with Gasteiger partial charge in [0.05, 0.1) is 11.4 Å². The van der Waals surface area contributed by atoms with Gasteiger partial charge in [-0.3, -0.25) is 4.68 Å². The molecule has 84 valence electrons. The Kier molecular flexibility index (Phi) is 3.14. The summed E-state index contributed by atoms with van der Waals surface area (Å²) >= 11 is 0. The first-order valence-corrected chi connectivity index (χ1v) is 5.35. The molecule has 5 nitrogen and oxygen atoms in total. The Labute approximate surface area is 94.5 Å². The highest BCUT2D eigenvalue weighted by molar-refractivity contribution is 5.58. The molecule has 0 spiro atoms. The lowest BCUT2D eigenvalue weighted by Crippen LogP contribution is -2.03. The molecular weight excluding hydrogens is 202 g/mol. The third-order valence-corrected chi connectivity index (χ3v) is 2.31. The minimum Gasteiger partial charge on any atom is -0.370 e. The number of aryl methyl sites for hydroxylation is 1. The Hall–Kier alpha value is -1.91. The molecule has 16 heavy (non-hydrogen) atoms. The number of hydrogen-bond acceptors (Lipinski definition) is 4. The van der Waals surface area contributed by atoms with Crippen LogP contribution >= 0.6 is 0 Å². The number of hydrogen-bond donors (Lipinski definition) is 1. The van der Waals surface area contributed by atoms with Crippen molar-refractivity contribution in [2.45, 2.75) is 13.3 Å². The molecule has 0 unspecified atom stereocenters. The molecule has 5 heteroatoms. The second kappa shape index (κ2) is 4.74. The van der Waals surface area contributed by atoms with E-state index < -0.39 is 0 Å². The summed E-state index contributed by atoms with van der Waals surface area (Å²) < 4.78 is 1.80. The molecule has 0 aliphatic rings. The maximum Gasteiger partial charge on any atom is 0.130 e. The Morgan fingerprint density at radius 2 is 2.25 bits per heavy atom. The molecule has 0 bridgehead atoms. The summed E-state index contributed by atoms with van der Waals surface area (Å²) in [4.78, 5) is 8.40. The Morgan fingerprint density at radius 3 is 2.94 bits per heavy atom. The quantitative estimate of drug-likeness (QED) is 0.846. The molecule has 0 aliphatic carbocycles. The summed E-state index contributed by atoms with van der Waals surface area (Å²) in [7, 11) is 1.90. The van der Waals surface area contributed by atoms with Crippen LogP contribution in [-0.2, 0) is 7.05 Å². The second-order valence-corrected chi connectivity index (χ2v) is 3.56. The SMILES string of the molecule is CCCNc1cc(-c2ccnn2C)ncn1. The van der Waals surface area contributed by atoms with Crippen LogP contribution in [0.2, 0.25) is 0 Å². The first-order valence-electron chi connectivity index (χ1n) is 5.35. The van der Waals surface area contributed by atoms with E-state index in [9.17, 15) is 0 Å². The van der Waals surface area contributed by atoms with Gasteiger partial charge < -0.3 is 5.32 Å². The number of nitrogens with one attached hydrogen (secondary N) is 1. The monoisotopic (exact) mass is 217 g/mol. The smallest absolute Gasteiger partial charge is 0.130 e. The van der Waals surface area contributed by atoms with Gasteiger partial charge in [0.15, 0.2) is 0 Å². The van der Waals surface area contributed by atoms with Crippen LogP contribution in [0.5, 0.6) is 0 Å². The molecule has 2 heterocycles. The third-order valence-electron chi connectivity index (χ3n) is 2.31. The molecule has 2 aromatic heterocycles. The van der Waals surface area contributed by atoms with Gasteiger partial charge in [0.1, 0.15) is 12.1 Å². The van der Waals surface area contributed by atoms with Crippen LogP contribution < -0.4 is 5.32 Å². The van der Waals surface area contributed by atoms with E-state index in [-0.39, 0.29) is 0 Å². The van der Waals surface area contributed by atoms with Gasteiger partial charge in [0, 0.05) is 25.9 Å². The van der Waals surface area contributed by atoms with Crippen molar-refractivity contribution in [2.75, 3.05) is 11.9 Å². The lowest BCUT2D eigenvalue weighted by molar-refractivity contribution is 0.773. The molecule has 0 atom stereocenters. The van der Waals surface area contributed by atoms with Crippen molar-refractivity contribution in [3.8, 4) is 11.4 Å². The highest BCUT2D eigenvalue weighted by Gasteiger charge is 2.04. The molecule has 0 radical (unpaired) electrons. The van der Waals surface area contributed by atoms with E-state index in [2.05, 4.69) is 27.3 Å². The number of aromatic nitrogens is 4. The summed E-state index contributed by atoms with van der Waals surface area (Å²) in [6, 6.07) is 3.87. The third kappa shape index (κ3) is 2.18. The van der Waals surface area contributed by atoms with Gasteiger partial charge >= 0.3 is 0 Å². The molecule has 2 aromatic rings. The van der Waals surface area contributed by atoms with E-state index in [1.54, 1.807) is 17.2 Å². The molecule has 0 fully saturated rings. The zero-order chi connectivity index (χ0) is 11.4. The lowest BCUT2D eigenvalue weighted by atomic mass is 10.3. The zero-order valence-electron chi connectivity index (χ0n) is 9.51. The number of rotatable bonds is 4. The fourth-order valence-electron chi connectivity index (χ4n) is 1.47. The fourth-order valence-corrected chi connectivity index (χ4v) is 1.47. The zero-order valence-corrected chi connectivity index (χ0v) is 9.51. The molecule has 0 aliphatic heterocycles. The first kappa shape index (κ1) is 10.6. The highest BCUT2D eigenvalue weighted by Crippen LogP contribution is 2.17. The molecule has 0 amide bonds. The molecule has 1 N–H and O–H groups in total. The van der Waals surface area contributed by atoms with Crippen LogP contribution in [0.25, 0.3) is 11.4 Å². The van der Waals surface area contributed by atoms with Gasteiger partial charge in [-0.2, -0.15) is 5.10 Å². The van der Waals surface area contributed by atoms with E-state index in [0.717, 1.165) is 30.2 Å². The van der Waals surface area contributed by atoms with Gasteiger partial charge in [0.25, 0.3) is 0 Å². The average Bonchev–Trinajstić information content (AvgIpc) is 2.73. The number of nitrogens with zero attached hydrogens (tertiary/aromatic N) is 4. The van der Waals surface area contributed by atoms with Crippen molar-refractivity contribution >= 4 is 5.82 Å². The Balaban J connectivity index is 2.26. The van der Waals surface area contributed by atoms with E-state index in [0.29, 0.717) is 0 Å². The Bertz CT molecular complexity index is 463. The van der Waals surface area contributed by atoms with Crippen molar-refractivity contribution in [3.05, 3.63) is 24.7 Å². The maximum absolute atomic E-state index is 4.24. The number of anilines is 1. The molecule has 2 rings (SSSR count).